The molecule has 254 valence electrons. The third kappa shape index (κ3) is 4.33. The zero-order valence-corrected chi connectivity index (χ0v) is 27.7. The van der Waals surface area contributed by atoms with Crippen LogP contribution in [0.5, 0.6) is 5.75 Å². The minimum atomic E-state index is -2.79. The van der Waals surface area contributed by atoms with Crippen molar-refractivity contribution in [1.82, 2.24) is 0 Å². The van der Waals surface area contributed by atoms with Crippen molar-refractivity contribution in [3.63, 3.8) is 0 Å². The molecule has 1 saturated carbocycles. The highest BCUT2D eigenvalue weighted by atomic mass is 35.5. The summed E-state index contributed by atoms with van der Waals surface area (Å²) in [5.74, 6) is -22.6. The maximum atomic E-state index is 15.2. The fraction of sp³-hybridized carbons (Fsp3) is 0.273. The van der Waals surface area contributed by atoms with Gasteiger partial charge in [0, 0.05) is 21.5 Å². The van der Waals surface area contributed by atoms with E-state index in [-0.39, 0.29) is 38.2 Å². The van der Waals surface area contributed by atoms with Gasteiger partial charge in [-0.3, -0.25) is 19.2 Å². The zero-order chi connectivity index (χ0) is 35.6. The molecule has 0 bridgehead atoms. The van der Waals surface area contributed by atoms with Gasteiger partial charge >= 0.3 is 0 Å². The van der Waals surface area contributed by atoms with Crippen LogP contribution in [-0.4, -0.2) is 38.5 Å². The molecule has 7 rings (SSSR count). The van der Waals surface area contributed by atoms with E-state index < -0.39 is 104 Å². The summed E-state index contributed by atoms with van der Waals surface area (Å²) in [6.45, 7) is 1.72. The van der Waals surface area contributed by atoms with Crippen molar-refractivity contribution in [2.24, 2.45) is 17.8 Å². The van der Waals surface area contributed by atoms with Crippen LogP contribution in [0.15, 0.2) is 48.0 Å². The summed E-state index contributed by atoms with van der Waals surface area (Å²) >= 11 is 26.7. The molecule has 3 fully saturated rings. The molecular formula is C33H19Cl4F5N2O5. The number of amides is 4. The Labute approximate surface area is 293 Å². The Morgan fingerprint density at radius 2 is 1.43 bits per heavy atom. The number of fused-ring (bicyclic) bond motifs is 4. The van der Waals surface area contributed by atoms with E-state index in [1.807, 2.05) is 0 Å². The molecule has 0 radical (unpaired) electrons. The largest absolute Gasteiger partial charge is 0.508 e. The van der Waals surface area contributed by atoms with Gasteiger partial charge in [-0.25, -0.2) is 31.8 Å². The standard InChI is InChI=1S/C33H19Cl4F5N2O5/c1-11-2-4-13(9-18(11)35)43-28(46)15-6-5-14-17(20(15)29(43)47)10-32(36)30(48)44(27-25(41)23(39)22(38)24(40)26(27)42)31(49)33(32,37)21(14)16-8-12(34)3-7-19(16)45/h2-5,7-9,15,17,20-21,45H,6,10H2,1H3. The number of phenolic OH excluding ortho intramolecular Hbond substituents is 1. The fourth-order valence-electron chi connectivity index (χ4n) is 7.64. The highest BCUT2D eigenvalue weighted by Crippen LogP contribution is 2.67. The van der Waals surface area contributed by atoms with E-state index in [4.69, 9.17) is 46.4 Å². The Kier molecular flexibility index (Phi) is 7.68. The fourth-order valence-corrected chi connectivity index (χ4v) is 8.93. The van der Waals surface area contributed by atoms with Gasteiger partial charge in [-0.2, -0.15) is 0 Å². The lowest BCUT2D eigenvalue weighted by Gasteiger charge is -2.50. The molecule has 2 aliphatic carbocycles. The highest BCUT2D eigenvalue weighted by Gasteiger charge is 2.77. The number of rotatable bonds is 3. The third-order valence-corrected chi connectivity index (χ3v) is 12.0. The predicted molar refractivity (Wildman–Crippen MR) is 168 cm³/mol. The van der Waals surface area contributed by atoms with Crippen LogP contribution in [-0.2, 0) is 19.2 Å². The van der Waals surface area contributed by atoms with Gasteiger partial charge in [0.05, 0.1) is 17.5 Å². The van der Waals surface area contributed by atoms with Crippen LogP contribution in [0.4, 0.5) is 33.3 Å². The topological polar surface area (TPSA) is 95.0 Å². The number of hydrogen-bond acceptors (Lipinski definition) is 5. The predicted octanol–water partition coefficient (Wildman–Crippen LogP) is 7.47. The molecule has 6 atom stereocenters. The average molecular weight is 760 g/mol. The van der Waals surface area contributed by atoms with Gasteiger partial charge in [-0.15, -0.1) is 23.2 Å². The lowest BCUT2D eigenvalue weighted by Crippen LogP contribution is -2.60. The number of carbonyl (C=O) groups is 4. The second-order valence-corrected chi connectivity index (χ2v) is 14.4. The quantitative estimate of drug-likeness (QED) is 0.0747. The van der Waals surface area contributed by atoms with E-state index in [1.165, 1.54) is 30.3 Å². The number of imide groups is 2. The van der Waals surface area contributed by atoms with Crippen LogP contribution in [0.25, 0.3) is 0 Å². The summed E-state index contributed by atoms with van der Waals surface area (Å²) in [7, 11) is 0. The minimum Gasteiger partial charge on any atom is -0.508 e. The first-order valence-electron chi connectivity index (χ1n) is 14.6. The molecule has 49 heavy (non-hydrogen) atoms. The van der Waals surface area contributed by atoms with Gasteiger partial charge in [0.15, 0.2) is 33.0 Å². The normalized spacial score (nSPS) is 29.3. The maximum Gasteiger partial charge on any atom is 0.258 e. The number of aryl methyl sites for hydroxylation is 1. The van der Waals surface area contributed by atoms with E-state index in [0.29, 0.717) is 5.56 Å². The molecule has 16 heteroatoms. The monoisotopic (exact) mass is 758 g/mol. The Morgan fingerprint density at radius 3 is 2.06 bits per heavy atom. The number of halogens is 9. The molecule has 1 N–H and O–H groups in total. The van der Waals surface area contributed by atoms with Gasteiger partial charge in [-0.1, -0.05) is 40.9 Å². The summed E-state index contributed by atoms with van der Waals surface area (Å²) in [4.78, 5) is 51.6. The number of aromatic hydroxyl groups is 1. The van der Waals surface area contributed by atoms with Crippen LogP contribution in [0.1, 0.15) is 29.9 Å². The lowest BCUT2D eigenvalue weighted by atomic mass is 9.56. The molecule has 0 aromatic heterocycles. The van der Waals surface area contributed by atoms with Crippen LogP contribution in [0, 0.1) is 53.8 Å². The third-order valence-electron chi connectivity index (χ3n) is 9.94. The van der Waals surface area contributed by atoms with E-state index >= 15 is 8.78 Å². The van der Waals surface area contributed by atoms with Crippen molar-refractivity contribution >= 4 is 81.4 Å². The number of anilines is 2. The first-order chi connectivity index (χ1) is 23.0. The van der Waals surface area contributed by atoms with Crippen molar-refractivity contribution < 1.29 is 46.2 Å². The second kappa shape index (κ2) is 11.1. The maximum absolute atomic E-state index is 15.2. The highest BCUT2D eigenvalue weighted by molar-refractivity contribution is 6.58. The number of phenols is 1. The van der Waals surface area contributed by atoms with Crippen molar-refractivity contribution in [2.45, 2.75) is 35.4 Å². The summed E-state index contributed by atoms with van der Waals surface area (Å²) in [6.07, 6.45) is 0.731. The minimum absolute atomic E-state index is 0.00703. The molecule has 4 amide bonds. The van der Waals surface area contributed by atoms with Crippen molar-refractivity contribution in [2.75, 3.05) is 9.80 Å². The van der Waals surface area contributed by atoms with Crippen LogP contribution >= 0.6 is 46.4 Å². The summed E-state index contributed by atoms with van der Waals surface area (Å²) in [6, 6.07) is 8.17. The molecular weight excluding hydrogens is 741 g/mol. The molecule has 2 heterocycles. The summed E-state index contributed by atoms with van der Waals surface area (Å²) < 4.78 is 73.1. The van der Waals surface area contributed by atoms with E-state index in [0.717, 1.165) is 11.0 Å². The average Bonchev–Trinajstić information content (AvgIpc) is 3.40. The van der Waals surface area contributed by atoms with E-state index in [9.17, 15) is 37.5 Å². The van der Waals surface area contributed by atoms with Crippen LogP contribution < -0.4 is 9.80 Å². The number of alkyl halides is 2. The van der Waals surface area contributed by atoms with E-state index in [2.05, 4.69) is 0 Å². The van der Waals surface area contributed by atoms with Crippen molar-refractivity contribution in [3.05, 3.63) is 98.3 Å². The Balaban J connectivity index is 1.44. The molecule has 0 spiro atoms. The molecule has 3 aromatic rings. The van der Waals surface area contributed by atoms with Gasteiger partial charge in [0.2, 0.25) is 17.6 Å². The lowest BCUT2D eigenvalue weighted by molar-refractivity contribution is -0.125. The Bertz CT molecular complexity index is 2090. The van der Waals surface area contributed by atoms with Gasteiger partial charge in [0.25, 0.3) is 11.8 Å². The summed E-state index contributed by atoms with van der Waals surface area (Å²) in [5, 5.41) is 11.3. The molecule has 2 saturated heterocycles. The number of benzene rings is 3. The zero-order valence-electron chi connectivity index (χ0n) is 24.6. The van der Waals surface area contributed by atoms with E-state index in [1.54, 1.807) is 13.0 Å². The van der Waals surface area contributed by atoms with Crippen LogP contribution in [0.2, 0.25) is 10.0 Å². The summed E-state index contributed by atoms with van der Waals surface area (Å²) in [5.41, 5.74) is -1.10. The molecule has 3 aromatic carbocycles. The first-order valence-corrected chi connectivity index (χ1v) is 16.1. The smallest absolute Gasteiger partial charge is 0.258 e. The first kappa shape index (κ1) is 33.8. The number of carbonyl (C=O) groups excluding carboxylic acids is 4. The van der Waals surface area contributed by atoms with Gasteiger partial charge < -0.3 is 5.11 Å². The van der Waals surface area contributed by atoms with Crippen molar-refractivity contribution in [3.8, 4) is 5.75 Å². The number of hydrogen-bond donors (Lipinski definition) is 1. The molecule has 7 nitrogen and oxygen atoms in total. The van der Waals surface area contributed by atoms with Gasteiger partial charge in [-0.05, 0) is 61.6 Å². The number of nitrogens with zero attached hydrogens (tertiary/aromatic N) is 2. The Hall–Kier alpha value is -3.71. The SMILES string of the molecule is Cc1ccc(N2C(=O)C3CC=C4C(CC5(Cl)C(=O)N(c6c(F)c(F)c(F)c(F)c6F)C(=O)C5(Cl)C4c4cc(Cl)ccc4O)C3C2=O)cc1Cl. The second-order valence-electron chi connectivity index (χ2n) is 12.3. The van der Waals surface area contributed by atoms with Gasteiger partial charge in [0.1, 0.15) is 11.4 Å². The van der Waals surface area contributed by atoms with Crippen molar-refractivity contribution in [1.29, 1.82) is 0 Å². The molecule has 2 aliphatic heterocycles. The number of allylic oxidation sites excluding steroid dienone is 2. The molecule has 6 unspecified atom stereocenters. The Morgan fingerprint density at radius 1 is 0.796 bits per heavy atom. The van der Waals surface area contributed by atoms with Crippen LogP contribution in [0.3, 0.4) is 0 Å². The molecule has 4 aliphatic rings.